The van der Waals surface area contributed by atoms with Crippen LogP contribution in [0.4, 0.5) is 0 Å². The van der Waals surface area contributed by atoms with Gasteiger partial charge in [-0.3, -0.25) is 4.68 Å². The number of rotatable bonds is 8. The average molecular weight is 332 g/mol. The van der Waals surface area contributed by atoms with Crippen molar-refractivity contribution in [3.63, 3.8) is 0 Å². The Kier molecular flexibility index (Phi) is 6.50. The van der Waals surface area contributed by atoms with Gasteiger partial charge in [-0.05, 0) is 34.2 Å². The third-order valence-corrected chi connectivity index (χ3v) is 4.15. The SMILES string of the molecule is CCc1nn(C)c(CC(C)(C)CNCCOC)c1Br. The molecular formula is C14H26BrN3O. The van der Waals surface area contributed by atoms with E-state index in [0.29, 0.717) is 0 Å². The van der Waals surface area contributed by atoms with Crippen LogP contribution in [-0.2, 0) is 24.6 Å². The highest BCUT2D eigenvalue weighted by molar-refractivity contribution is 9.10. The minimum Gasteiger partial charge on any atom is -0.383 e. The number of nitrogens with one attached hydrogen (secondary N) is 1. The maximum absolute atomic E-state index is 5.05. The fourth-order valence-corrected chi connectivity index (χ4v) is 2.89. The van der Waals surface area contributed by atoms with Gasteiger partial charge in [0, 0.05) is 27.2 Å². The van der Waals surface area contributed by atoms with Crippen LogP contribution in [0, 0.1) is 5.41 Å². The molecule has 0 saturated carbocycles. The number of hydrogen-bond acceptors (Lipinski definition) is 3. The van der Waals surface area contributed by atoms with Crippen molar-refractivity contribution in [1.82, 2.24) is 15.1 Å². The molecule has 0 amide bonds. The van der Waals surface area contributed by atoms with Crippen LogP contribution in [0.25, 0.3) is 0 Å². The first-order chi connectivity index (χ1) is 8.91. The van der Waals surface area contributed by atoms with Crippen LogP contribution >= 0.6 is 15.9 Å². The van der Waals surface area contributed by atoms with Crippen LogP contribution in [0.15, 0.2) is 4.47 Å². The molecule has 0 fully saturated rings. The standard InChI is InChI=1S/C14H26BrN3O/c1-6-11-13(15)12(18(4)17-11)9-14(2,3)10-16-7-8-19-5/h16H,6-10H2,1-5H3. The summed E-state index contributed by atoms with van der Waals surface area (Å²) < 4.78 is 8.22. The van der Waals surface area contributed by atoms with E-state index in [-0.39, 0.29) is 5.41 Å². The molecule has 1 aromatic heterocycles. The Bertz CT molecular complexity index is 402. The molecule has 4 nitrogen and oxygen atoms in total. The lowest BCUT2D eigenvalue weighted by Gasteiger charge is -2.25. The first-order valence-corrected chi connectivity index (χ1v) is 7.60. The van der Waals surface area contributed by atoms with Crippen molar-refractivity contribution < 1.29 is 4.74 Å². The van der Waals surface area contributed by atoms with E-state index >= 15 is 0 Å². The van der Waals surface area contributed by atoms with E-state index in [2.05, 4.69) is 47.1 Å². The second-order valence-corrected chi connectivity index (χ2v) is 6.49. The van der Waals surface area contributed by atoms with Gasteiger partial charge in [0.05, 0.1) is 22.5 Å². The van der Waals surface area contributed by atoms with Gasteiger partial charge in [0.2, 0.25) is 0 Å². The Balaban J connectivity index is 2.64. The van der Waals surface area contributed by atoms with Gasteiger partial charge in [0.1, 0.15) is 0 Å². The van der Waals surface area contributed by atoms with Gasteiger partial charge in [-0.1, -0.05) is 20.8 Å². The summed E-state index contributed by atoms with van der Waals surface area (Å²) in [5.74, 6) is 0. The summed E-state index contributed by atoms with van der Waals surface area (Å²) in [6, 6.07) is 0. The summed E-state index contributed by atoms with van der Waals surface area (Å²) in [4.78, 5) is 0. The lowest BCUT2D eigenvalue weighted by atomic mass is 9.87. The van der Waals surface area contributed by atoms with Crippen LogP contribution in [-0.4, -0.2) is 36.6 Å². The van der Waals surface area contributed by atoms with Crippen molar-refractivity contribution in [3.05, 3.63) is 15.9 Å². The maximum Gasteiger partial charge on any atom is 0.0766 e. The molecule has 19 heavy (non-hydrogen) atoms. The van der Waals surface area contributed by atoms with Crippen molar-refractivity contribution in [2.75, 3.05) is 26.8 Å². The average Bonchev–Trinajstić information content (AvgIpc) is 2.62. The van der Waals surface area contributed by atoms with Gasteiger partial charge in [0.15, 0.2) is 0 Å². The molecule has 1 aromatic rings. The van der Waals surface area contributed by atoms with Crippen molar-refractivity contribution >= 4 is 15.9 Å². The largest absolute Gasteiger partial charge is 0.383 e. The van der Waals surface area contributed by atoms with Crippen LogP contribution in [0.2, 0.25) is 0 Å². The number of ether oxygens (including phenoxy) is 1. The number of hydrogen-bond donors (Lipinski definition) is 1. The lowest BCUT2D eigenvalue weighted by molar-refractivity contribution is 0.193. The van der Waals surface area contributed by atoms with E-state index in [0.717, 1.165) is 38.2 Å². The van der Waals surface area contributed by atoms with E-state index in [1.54, 1.807) is 7.11 Å². The quantitative estimate of drug-likeness (QED) is 0.744. The Morgan fingerprint density at radius 1 is 1.42 bits per heavy atom. The third-order valence-electron chi connectivity index (χ3n) is 3.24. The fraction of sp³-hybridized carbons (Fsp3) is 0.786. The molecule has 0 spiro atoms. The molecule has 1 heterocycles. The molecule has 0 bridgehead atoms. The normalized spacial score (nSPS) is 12.1. The van der Waals surface area contributed by atoms with Crippen LogP contribution in [0.1, 0.15) is 32.2 Å². The second kappa shape index (κ2) is 7.41. The third kappa shape index (κ3) is 4.89. The molecule has 0 aliphatic carbocycles. The van der Waals surface area contributed by atoms with Gasteiger partial charge in [0.25, 0.3) is 0 Å². The van der Waals surface area contributed by atoms with E-state index in [4.69, 9.17) is 4.74 Å². The molecule has 0 aliphatic heterocycles. The monoisotopic (exact) mass is 331 g/mol. The Morgan fingerprint density at radius 2 is 2.11 bits per heavy atom. The van der Waals surface area contributed by atoms with Crippen LogP contribution in [0.5, 0.6) is 0 Å². The zero-order valence-corrected chi connectivity index (χ0v) is 14.3. The Hall–Kier alpha value is -0.390. The van der Waals surface area contributed by atoms with Gasteiger partial charge in [-0.2, -0.15) is 5.10 Å². The van der Waals surface area contributed by atoms with E-state index < -0.39 is 0 Å². The van der Waals surface area contributed by atoms with Gasteiger partial charge in [-0.25, -0.2) is 0 Å². The van der Waals surface area contributed by atoms with E-state index in [9.17, 15) is 0 Å². The second-order valence-electron chi connectivity index (χ2n) is 5.70. The molecule has 0 atom stereocenters. The minimum absolute atomic E-state index is 0.190. The highest BCUT2D eigenvalue weighted by Crippen LogP contribution is 2.28. The molecule has 110 valence electrons. The molecule has 0 unspecified atom stereocenters. The molecule has 0 aliphatic rings. The minimum atomic E-state index is 0.190. The van der Waals surface area contributed by atoms with Crippen molar-refractivity contribution in [2.45, 2.75) is 33.6 Å². The number of aromatic nitrogens is 2. The first kappa shape index (κ1) is 16.7. The van der Waals surface area contributed by atoms with E-state index in [1.165, 1.54) is 10.2 Å². The Labute approximate surface area is 125 Å². The lowest BCUT2D eigenvalue weighted by Crippen LogP contribution is -2.33. The molecule has 0 saturated heterocycles. The smallest absolute Gasteiger partial charge is 0.0766 e. The van der Waals surface area contributed by atoms with Gasteiger partial charge < -0.3 is 10.1 Å². The highest BCUT2D eigenvalue weighted by atomic mass is 79.9. The van der Waals surface area contributed by atoms with Gasteiger partial charge >= 0.3 is 0 Å². The summed E-state index contributed by atoms with van der Waals surface area (Å²) in [5.41, 5.74) is 2.60. The zero-order valence-electron chi connectivity index (χ0n) is 12.7. The van der Waals surface area contributed by atoms with Crippen molar-refractivity contribution in [2.24, 2.45) is 12.5 Å². The Morgan fingerprint density at radius 3 is 2.63 bits per heavy atom. The summed E-state index contributed by atoms with van der Waals surface area (Å²) >= 11 is 3.68. The number of nitrogens with zero attached hydrogens (tertiary/aromatic N) is 2. The predicted octanol–water partition coefficient (Wildman–Crippen LogP) is 2.55. The number of aryl methyl sites for hydroxylation is 2. The number of methoxy groups -OCH3 is 1. The van der Waals surface area contributed by atoms with Crippen molar-refractivity contribution in [3.8, 4) is 0 Å². The molecule has 1 rings (SSSR count). The summed E-state index contributed by atoms with van der Waals surface area (Å²) in [7, 11) is 3.75. The topological polar surface area (TPSA) is 39.1 Å². The summed E-state index contributed by atoms with van der Waals surface area (Å²) in [6.45, 7) is 9.30. The zero-order chi connectivity index (χ0) is 14.5. The fourth-order valence-electron chi connectivity index (χ4n) is 2.13. The molecular weight excluding hydrogens is 306 g/mol. The van der Waals surface area contributed by atoms with Crippen LogP contribution in [0.3, 0.4) is 0 Å². The molecule has 0 radical (unpaired) electrons. The molecule has 5 heteroatoms. The molecule has 1 N–H and O–H groups in total. The maximum atomic E-state index is 5.05. The van der Waals surface area contributed by atoms with Crippen LogP contribution < -0.4 is 5.32 Å². The summed E-state index contributed by atoms with van der Waals surface area (Å²) in [6.07, 6.45) is 1.96. The summed E-state index contributed by atoms with van der Waals surface area (Å²) in [5, 5.41) is 7.99. The van der Waals surface area contributed by atoms with E-state index in [1.807, 2.05) is 11.7 Å². The highest BCUT2D eigenvalue weighted by Gasteiger charge is 2.23. The van der Waals surface area contributed by atoms with Gasteiger partial charge in [-0.15, -0.1) is 0 Å². The predicted molar refractivity (Wildman–Crippen MR) is 82.5 cm³/mol. The number of halogens is 1. The molecule has 0 aromatic carbocycles. The first-order valence-electron chi connectivity index (χ1n) is 6.81. The van der Waals surface area contributed by atoms with Crippen molar-refractivity contribution in [1.29, 1.82) is 0 Å².